The van der Waals surface area contributed by atoms with E-state index in [0.717, 1.165) is 26.0 Å². The van der Waals surface area contributed by atoms with Crippen molar-refractivity contribution in [3.63, 3.8) is 0 Å². The van der Waals surface area contributed by atoms with Crippen LogP contribution < -0.4 is 10.2 Å². The van der Waals surface area contributed by atoms with Crippen molar-refractivity contribution in [2.24, 2.45) is 0 Å². The smallest absolute Gasteiger partial charge is 0.267 e. The Morgan fingerprint density at radius 3 is 2.29 bits per heavy atom. The largest absolute Gasteiger partial charge is 0.456 e. The number of thiazole rings is 1. The summed E-state index contributed by atoms with van der Waals surface area (Å²) < 4.78 is 9.68. The lowest BCUT2D eigenvalue weighted by Crippen LogP contribution is -2.29. The number of rotatable bonds is 5. The zero-order chi connectivity index (χ0) is 29.3. The van der Waals surface area contributed by atoms with E-state index in [1.807, 2.05) is 42.5 Å². The zero-order valence-corrected chi connectivity index (χ0v) is 28.8. The van der Waals surface area contributed by atoms with E-state index in [2.05, 4.69) is 74.0 Å². The third-order valence-electron chi connectivity index (χ3n) is 6.70. The lowest BCUT2D eigenvalue weighted by atomic mass is 10.1. The van der Waals surface area contributed by atoms with Crippen LogP contribution in [0.4, 0.5) is 11.4 Å². The van der Waals surface area contributed by atoms with Crippen molar-refractivity contribution in [2.75, 3.05) is 16.0 Å². The van der Waals surface area contributed by atoms with Crippen LogP contribution in [0.15, 0.2) is 87.3 Å². The van der Waals surface area contributed by atoms with E-state index in [1.165, 1.54) is 23.1 Å². The second-order valence-corrected chi connectivity index (χ2v) is 14.7. The molecule has 0 radical (unpaired) electrons. The summed E-state index contributed by atoms with van der Waals surface area (Å²) in [6.45, 7) is 0. The molecule has 0 aliphatic carbocycles. The van der Waals surface area contributed by atoms with Crippen LogP contribution in [-0.2, 0) is 4.79 Å². The van der Waals surface area contributed by atoms with Crippen molar-refractivity contribution in [3.05, 3.63) is 89.7 Å². The fraction of sp³-hybridized carbons (Fsp3) is 0.0345. The van der Waals surface area contributed by atoms with Crippen molar-refractivity contribution in [2.45, 2.75) is 4.34 Å². The van der Waals surface area contributed by atoms with Gasteiger partial charge in [-0.2, -0.15) is 0 Å². The summed E-state index contributed by atoms with van der Waals surface area (Å²) in [5.74, 6) is -0.858. The molecule has 7 nitrogen and oxygen atoms in total. The molecule has 2 aromatic heterocycles. The Labute approximate surface area is 279 Å². The number of halogens is 4. The zero-order valence-electron chi connectivity index (χ0n) is 20.8. The van der Waals surface area contributed by atoms with Gasteiger partial charge in [0.05, 0.1) is 32.8 Å². The predicted octanol–water partition coefficient (Wildman–Crippen LogP) is 9.78. The van der Waals surface area contributed by atoms with Crippen molar-refractivity contribution in [3.8, 4) is 0 Å². The van der Waals surface area contributed by atoms with Crippen LogP contribution in [0.2, 0.25) is 0 Å². The summed E-state index contributed by atoms with van der Waals surface area (Å²) in [5.41, 5.74) is 3.89. The van der Waals surface area contributed by atoms with Crippen LogP contribution in [0.1, 0.15) is 20.7 Å². The van der Waals surface area contributed by atoms with Gasteiger partial charge in [-0.05, 0) is 100 Å². The van der Waals surface area contributed by atoms with Gasteiger partial charge in [0, 0.05) is 40.4 Å². The minimum absolute atomic E-state index is 0.162. The van der Waals surface area contributed by atoms with E-state index in [1.54, 1.807) is 18.2 Å². The number of aromatic nitrogens is 1. The number of hydrogen-bond donors (Lipinski definition) is 1. The Morgan fingerprint density at radius 2 is 1.55 bits per heavy atom. The van der Waals surface area contributed by atoms with E-state index in [-0.39, 0.29) is 22.8 Å². The van der Waals surface area contributed by atoms with Gasteiger partial charge in [-0.15, -0.1) is 11.3 Å². The number of carbonyl (C=O) groups excluding carboxylic acids is 3. The summed E-state index contributed by atoms with van der Waals surface area (Å²) >= 11 is 16.5. The number of hydrogen-bond acceptors (Lipinski definition) is 7. The number of benzene rings is 4. The molecule has 1 aliphatic heterocycles. The molecule has 13 heteroatoms. The molecule has 7 rings (SSSR count). The topological polar surface area (TPSA) is 92.5 Å². The summed E-state index contributed by atoms with van der Waals surface area (Å²) in [5, 5.41) is 4.95. The Kier molecular flexibility index (Phi) is 7.30. The molecular formula is C29H13Br4N3O4S2. The van der Waals surface area contributed by atoms with E-state index in [0.29, 0.717) is 44.7 Å². The van der Waals surface area contributed by atoms with Crippen LogP contribution >= 0.6 is 86.8 Å². The third-order valence-corrected chi connectivity index (χ3v) is 13.6. The molecule has 6 aromatic rings. The fourth-order valence-corrected chi connectivity index (χ4v) is 9.16. The first kappa shape index (κ1) is 28.2. The molecule has 0 unspecified atom stereocenters. The number of furan rings is 1. The van der Waals surface area contributed by atoms with Crippen molar-refractivity contribution < 1.29 is 18.8 Å². The quantitative estimate of drug-likeness (QED) is 0.0804. The minimum atomic E-state index is -0.424. The average Bonchev–Trinajstić information content (AvgIpc) is 3.64. The maximum absolute atomic E-state index is 13.4. The number of amides is 3. The van der Waals surface area contributed by atoms with E-state index < -0.39 is 11.8 Å². The first-order chi connectivity index (χ1) is 20.2. The van der Waals surface area contributed by atoms with Gasteiger partial charge in [0.15, 0.2) is 4.34 Å². The summed E-state index contributed by atoms with van der Waals surface area (Å²) in [6.07, 6.45) is 0. The van der Waals surface area contributed by atoms with Gasteiger partial charge < -0.3 is 9.73 Å². The lowest BCUT2D eigenvalue weighted by Gasteiger charge is -2.13. The van der Waals surface area contributed by atoms with Crippen molar-refractivity contribution in [1.82, 2.24) is 4.98 Å². The third kappa shape index (κ3) is 4.65. The predicted molar refractivity (Wildman–Crippen MR) is 181 cm³/mol. The second kappa shape index (κ2) is 10.9. The molecular weight excluding hydrogens is 838 g/mol. The number of carbonyl (C=O) groups is 3. The molecule has 3 amide bonds. The maximum Gasteiger partial charge on any atom is 0.267 e. The highest BCUT2D eigenvalue weighted by molar-refractivity contribution is 9.15. The molecule has 1 N–H and O–H groups in total. The average molecular weight is 851 g/mol. The van der Waals surface area contributed by atoms with E-state index in [4.69, 9.17) is 4.42 Å². The normalized spacial score (nSPS) is 13.1. The molecule has 0 atom stereocenters. The minimum Gasteiger partial charge on any atom is -0.456 e. The standard InChI is InChI=1S/C29H13Br4N3O4S2/c30-23-21-22(24(31)26(33)25(23)32)28(39)36(27(21)38)13-6-8-16-19(10-13)42-29(35-16)41-11-20(37)34-12-5-7-15-14-3-1-2-4-17(14)40-18(15)9-12/h1-10H,11H2,(H,34,37). The number of nitrogens with one attached hydrogen (secondary N) is 1. The Hall–Kier alpha value is -2.55. The number of para-hydroxylation sites is 1. The lowest BCUT2D eigenvalue weighted by molar-refractivity contribution is -0.113. The second-order valence-electron chi connectivity index (χ2n) is 9.23. The monoisotopic (exact) mass is 847 g/mol. The van der Waals surface area contributed by atoms with Crippen LogP contribution in [0.5, 0.6) is 0 Å². The van der Waals surface area contributed by atoms with Crippen molar-refractivity contribution >= 4 is 148 Å². The van der Waals surface area contributed by atoms with Crippen LogP contribution in [0.25, 0.3) is 32.2 Å². The molecule has 42 heavy (non-hydrogen) atoms. The molecule has 0 bridgehead atoms. The number of nitrogens with zero attached hydrogens (tertiary/aromatic N) is 2. The first-order valence-corrected chi connectivity index (χ1v) is 17.2. The van der Waals surface area contributed by atoms with E-state index in [9.17, 15) is 14.4 Å². The first-order valence-electron chi connectivity index (χ1n) is 12.2. The van der Waals surface area contributed by atoms with Crippen LogP contribution in [0, 0.1) is 0 Å². The molecule has 0 spiro atoms. The Bertz CT molecular complexity index is 2110. The van der Waals surface area contributed by atoms with Gasteiger partial charge in [0.2, 0.25) is 5.91 Å². The van der Waals surface area contributed by atoms with Gasteiger partial charge in [0.1, 0.15) is 11.2 Å². The van der Waals surface area contributed by atoms with Crippen LogP contribution in [0.3, 0.4) is 0 Å². The highest BCUT2D eigenvalue weighted by Crippen LogP contribution is 2.46. The molecule has 1 aliphatic rings. The summed E-state index contributed by atoms with van der Waals surface area (Å²) in [7, 11) is 0. The Balaban J connectivity index is 1.08. The number of imide groups is 1. The number of anilines is 2. The molecule has 0 saturated heterocycles. The van der Waals surface area contributed by atoms with Crippen molar-refractivity contribution in [1.29, 1.82) is 0 Å². The fourth-order valence-electron chi connectivity index (χ4n) is 4.80. The Morgan fingerprint density at radius 1 is 0.857 bits per heavy atom. The highest BCUT2D eigenvalue weighted by atomic mass is 79.9. The molecule has 208 valence electrons. The van der Waals surface area contributed by atoms with Gasteiger partial charge in [-0.1, -0.05) is 30.0 Å². The van der Waals surface area contributed by atoms with Gasteiger partial charge in [0.25, 0.3) is 11.8 Å². The van der Waals surface area contributed by atoms with Gasteiger partial charge in [-0.3, -0.25) is 14.4 Å². The molecule has 4 aromatic carbocycles. The number of thioether (sulfide) groups is 1. The van der Waals surface area contributed by atoms with Gasteiger partial charge >= 0.3 is 0 Å². The molecule has 0 saturated carbocycles. The van der Waals surface area contributed by atoms with Gasteiger partial charge in [-0.25, -0.2) is 9.88 Å². The molecule has 0 fully saturated rings. The van der Waals surface area contributed by atoms with E-state index >= 15 is 0 Å². The van der Waals surface area contributed by atoms with Crippen LogP contribution in [-0.4, -0.2) is 28.5 Å². The highest BCUT2D eigenvalue weighted by Gasteiger charge is 2.42. The molecule has 3 heterocycles. The summed E-state index contributed by atoms with van der Waals surface area (Å²) in [4.78, 5) is 45.3. The summed E-state index contributed by atoms with van der Waals surface area (Å²) in [6, 6.07) is 18.7. The SMILES string of the molecule is O=C(CSc1nc2ccc(N3C(=O)c4c(Br)c(Br)c(Br)c(Br)c4C3=O)cc2s1)Nc1ccc2c(c1)oc1ccccc12. The number of fused-ring (bicyclic) bond motifs is 5. The maximum atomic E-state index is 13.4.